The Morgan fingerprint density at radius 3 is 2.58 bits per heavy atom. The molecule has 0 heterocycles. The van der Waals surface area contributed by atoms with Gasteiger partial charge >= 0.3 is 0 Å². The highest BCUT2D eigenvalue weighted by Crippen LogP contribution is 2.25. The molecule has 1 N–H and O–H groups in total. The molecule has 0 atom stereocenters. The Kier molecular flexibility index (Phi) is 5.35. The summed E-state index contributed by atoms with van der Waals surface area (Å²) in [6, 6.07) is 4.96. The van der Waals surface area contributed by atoms with Gasteiger partial charge in [0.25, 0.3) is 0 Å². The number of methoxy groups -OCH3 is 1. The second-order valence-electron chi connectivity index (χ2n) is 5.10. The van der Waals surface area contributed by atoms with Crippen LogP contribution in [0, 0.1) is 0 Å². The van der Waals surface area contributed by atoms with E-state index < -0.39 is 5.54 Å². The minimum Gasteiger partial charge on any atom is -0.495 e. The maximum absolute atomic E-state index is 12.1. The van der Waals surface area contributed by atoms with Crippen LogP contribution in [-0.2, 0) is 0 Å². The number of rotatable bonds is 6. The van der Waals surface area contributed by atoms with Crippen molar-refractivity contribution in [3.63, 3.8) is 0 Å². The largest absolute Gasteiger partial charge is 0.495 e. The average Bonchev–Trinajstić information content (AvgIpc) is 2.38. The number of carbonyl (C=O) groups excluding carboxylic acids is 1. The van der Waals surface area contributed by atoms with Gasteiger partial charge in [-0.2, -0.15) is 0 Å². The summed E-state index contributed by atoms with van der Waals surface area (Å²) in [5.41, 5.74) is 0.0951. The monoisotopic (exact) mass is 285 g/mol. The van der Waals surface area contributed by atoms with Crippen molar-refractivity contribution < 1.29 is 14.6 Å². The summed E-state index contributed by atoms with van der Waals surface area (Å²) < 4.78 is 5.05. The smallest absolute Gasteiger partial charge is 0.176 e. The van der Waals surface area contributed by atoms with E-state index in [9.17, 15) is 9.90 Å². The topological polar surface area (TPSA) is 49.8 Å². The molecule has 4 nitrogen and oxygen atoms in total. The summed E-state index contributed by atoms with van der Waals surface area (Å²) in [5, 5.41) is 9.68. The fraction of sp³-hybridized carbons (Fsp3) is 0.500. The average molecular weight is 286 g/mol. The number of ketones is 1. The van der Waals surface area contributed by atoms with E-state index in [0.29, 0.717) is 16.3 Å². The molecule has 106 valence electrons. The van der Waals surface area contributed by atoms with Crippen LogP contribution in [0.2, 0.25) is 5.02 Å². The van der Waals surface area contributed by atoms with Gasteiger partial charge in [-0.05, 0) is 39.1 Å². The SMILES string of the molecule is COc1ccc(C(=O)CN(C)C(C)(C)CO)cc1Cl. The van der Waals surface area contributed by atoms with Crippen LogP contribution >= 0.6 is 11.6 Å². The molecule has 0 fully saturated rings. The van der Waals surface area contributed by atoms with Crippen LogP contribution in [0.1, 0.15) is 24.2 Å². The number of hydrogen-bond acceptors (Lipinski definition) is 4. The van der Waals surface area contributed by atoms with E-state index in [-0.39, 0.29) is 18.9 Å². The lowest BCUT2D eigenvalue weighted by atomic mass is 10.0. The van der Waals surface area contributed by atoms with Crippen molar-refractivity contribution >= 4 is 17.4 Å². The Bertz CT molecular complexity index is 460. The van der Waals surface area contributed by atoms with Gasteiger partial charge in [0.1, 0.15) is 5.75 Å². The zero-order valence-electron chi connectivity index (χ0n) is 11.7. The molecule has 0 spiro atoms. The maximum atomic E-state index is 12.1. The number of aliphatic hydroxyl groups excluding tert-OH is 1. The summed E-state index contributed by atoms with van der Waals surface area (Å²) in [7, 11) is 3.33. The molecule has 0 aliphatic carbocycles. The number of hydrogen-bond donors (Lipinski definition) is 1. The summed E-state index contributed by atoms with van der Waals surface area (Å²) in [6.07, 6.45) is 0. The van der Waals surface area contributed by atoms with E-state index in [1.807, 2.05) is 18.7 Å². The Labute approximate surface area is 118 Å². The molecule has 1 aromatic carbocycles. The number of nitrogens with zero attached hydrogens (tertiary/aromatic N) is 1. The number of Topliss-reactive ketones (excluding diaryl/α,β-unsaturated/α-hetero) is 1. The Hall–Kier alpha value is -1.10. The van der Waals surface area contributed by atoms with Gasteiger partial charge in [-0.1, -0.05) is 11.6 Å². The molecule has 0 saturated carbocycles. The molecule has 0 radical (unpaired) electrons. The molecule has 19 heavy (non-hydrogen) atoms. The predicted octanol–water partition coefficient (Wildman–Crippen LogP) is 2.23. The van der Waals surface area contributed by atoms with Crippen molar-refractivity contribution in [2.45, 2.75) is 19.4 Å². The first-order valence-corrected chi connectivity index (χ1v) is 6.38. The van der Waals surface area contributed by atoms with Gasteiger partial charge in [0.15, 0.2) is 5.78 Å². The predicted molar refractivity (Wildman–Crippen MR) is 76.1 cm³/mol. The summed E-state index contributed by atoms with van der Waals surface area (Å²) in [5.74, 6) is 0.496. The highest BCUT2D eigenvalue weighted by molar-refractivity contribution is 6.32. The fourth-order valence-electron chi connectivity index (χ4n) is 1.48. The number of likely N-dealkylation sites (N-methyl/N-ethyl adjacent to an activating group) is 1. The first-order chi connectivity index (χ1) is 8.81. The van der Waals surface area contributed by atoms with Crippen molar-refractivity contribution in [2.24, 2.45) is 0 Å². The lowest BCUT2D eigenvalue weighted by Gasteiger charge is -2.33. The van der Waals surface area contributed by atoms with Crippen molar-refractivity contribution in [2.75, 3.05) is 27.3 Å². The quantitative estimate of drug-likeness (QED) is 0.815. The second kappa shape index (κ2) is 6.37. The molecule has 0 saturated heterocycles. The van der Waals surface area contributed by atoms with E-state index >= 15 is 0 Å². The zero-order valence-corrected chi connectivity index (χ0v) is 12.5. The molecule has 5 heteroatoms. The van der Waals surface area contributed by atoms with Crippen LogP contribution in [0.5, 0.6) is 5.75 Å². The van der Waals surface area contributed by atoms with Gasteiger partial charge in [0.05, 0.1) is 25.3 Å². The van der Waals surface area contributed by atoms with Crippen LogP contribution in [0.3, 0.4) is 0 Å². The van der Waals surface area contributed by atoms with Gasteiger partial charge in [-0.15, -0.1) is 0 Å². The van der Waals surface area contributed by atoms with Gasteiger partial charge in [0.2, 0.25) is 0 Å². The number of carbonyl (C=O) groups is 1. The van der Waals surface area contributed by atoms with Crippen LogP contribution in [0.4, 0.5) is 0 Å². The molecule has 0 aromatic heterocycles. The molecular formula is C14H20ClNO3. The molecule has 1 rings (SSSR count). The lowest BCUT2D eigenvalue weighted by molar-refractivity contribution is 0.0659. The Morgan fingerprint density at radius 1 is 1.47 bits per heavy atom. The summed E-state index contributed by atoms with van der Waals surface area (Å²) in [6.45, 7) is 3.96. The van der Waals surface area contributed by atoms with Gasteiger partial charge in [-0.25, -0.2) is 0 Å². The third kappa shape index (κ3) is 3.93. The van der Waals surface area contributed by atoms with E-state index in [4.69, 9.17) is 16.3 Å². The van der Waals surface area contributed by atoms with Crippen molar-refractivity contribution in [1.82, 2.24) is 4.90 Å². The number of ether oxygens (including phenoxy) is 1. The molecule has 0 bridgehead atoms. The third-order valence-corrected chi connectivity index (χ3v) is 3.57. The molecule has 0 unspecified atom stereocenters. The normalized spacial score (nSPS) is 11.7. The number of halogens is 1. The standard InChI is InChI=1S/C14H20ClNO3/c1-14(2,9-17)16(3)8-12(18)10-5-6-13(19-4)11(15)7-10/h5-7,17H,8-9H2,1-4H3. The van der Waals surface area contributed by atoms with Gasteiger partial charge in [0, 0.05) is 11.1 Å². The minimum atomic E-state index is -0.439. The molecule has 0 aliphatic heterocycles. The first-order valence-electron chi connectivity index (χ1n) is 6.00. The van der Waals surface area contributed by atoms with Gasteiger partial charge < -0.3 is 9.84 Å². The first kappa shape index (κ1) is 16.0. The van der Waals surface area contributed by atoms with Crippen molar-refractivity contribution in [3.8, 4) is 5.75 Å². The Morgan fingerprint density at radius 2 is 2.11 bits per heavy atom. The van der Waals surface area contributed by atoms with Crippen molar-refractivity contribution in [1.29, 1.82) is 0 Å². The lowest BCUT2D eigenvalue weighted by Crippen LogP contribution is -2.46. The molecule has 1 aromatic rings. The van der Waals surface area contributed by atoms with Crippen LogP contribution < -0.4 is 4.74 Å². The van der Waals surface area contributed by atoms with Crippen LogP contribution in [-0.4, -0.2) is 48.6 Å². The molecule has 0 amide bonds. The third-order valence-electron chi connectivity index (χ3n) is 3.27. The van der Waals surface area contributed by atoms with E-state index in [1.165, 1.54) is 7.11 Å². The number of benzene rings is 1. The van der Waals surface area contributed by atoms with Crippen LogP contribution in [0.25, 0.3) is 0 Å². The van der Waals surface area contributed by atoms with E-state index in [0.717, 1.165) is 0 Å². The van der Waals surface area contributed by atoms with E-state index in [2.05, 4.69) is 0 Å². The highest BCUT2D eigenvalue weighted by Gasteiger charge is 2.24. The minimum absolute atomic E-state index is 0.0137. The molecular weight excluding hydrogens is 266 g/mol. The fourth-order valence-corrected chi connectivity index (χ4v) is 1.74. The number of aliphatic hydroxyl groups is 1. The second-order valence-corrected chi connectivity index (χ2v) is 5.51. The maximum Gasteiger partial charge on any atom is 0.176 e. The van der Waals surface area contributed by atoms with E-state index in [1.54, 1.807) is 25.2 Å². The Balaban J connectivity index is 2.82. The summed E-state index contributed by atoms with van der Waals surface area (Å²) >= 11 is 6.00. The molecule has 0 aliphatic rings. The van der Waals surface area contributed by atoms with Crippen molar-refractivity contribution in [3.05, 3.63) is 28.8 Å². The highest BCUT2D eigenvalue weighted by atomic mass is 35.5. The van der Waals surface area contributed by atoms with Crippen LogP contribution in [0.15, 0.2) is 18.2 Å². The summed E-state index contributed by atoms with van der Waals surface area (Å²) in [4.78, 5) is 14.0. The van der Waals surface area contributed by atoms with Gasteiger partial charge in [-0.3, -0.25) is 9.69 Å². The zero-order chi connectivity index (χ0) is 14.6.